The van der Waals surface area contributed by atoms with Gasteiger partial charge in [-0.2, -0.15) is 0 Å². The van der Waals surface area contributed by atoms with Gasteiger partial charge in [0.05, 0.1) is 6.61 Å². The maximum absolute atomic E-state index is 5.23. The minimum absolute atomic E-state index is 0.826. The van der Waals surface area contributed by atoms with Gasteiger partial charge in [-0.05, 0) is 39.2 Å². The van der Waals surface area contributed by atoms with Crippen molar-refractivity contribution in [2.75, 3.05) is 26.3 Å². The zero-order valence-corrected chi connectivity index (χ0v) is 8.64. The van der Waals surface area contributed by atoms with Gasteiger partial charge >= 0.3 is 0 Å². The lowest BCUT2D eigenvalue weighted by atomic mass is 10.2. The van der Waals surface area contributed by atoms with Crippen molar-refractivity contribution in [3.05, 3.63) is 11.6 Å². The van der Waals surface area contributed by atoms with Crippen LogP contribution in [0.3, 0.4) is 0 Å². The maximum Gasteiger partial charge on any atom is 0.0590 e. The SMILES string of the molecule is CCOCCNCCC1=CCCC1. The molecule has 0 heterocycles. The molecule has 0 fully saturated rings. The van der Waals surface area contributed by atoms with Crippen molar-refractivity contribution in [2.24, 2.45) is 0 Å². The van der Waals surface area contributed by atoms with Gasteiger partial charge in [-0.25, -0.2) is 0 Å². The molecule has 0 radical (unpaired) electrons. The standard InChI is InChI=1S/C11H21NO/c1-2-13-10-9-12-8-7-11-5-3-4-6-11/h5,12H,2-4,6-10H2,1H3. The largest absolute Gasteiger partial charge is 0.380 e. The fourth-order valence-electron chi connectivity index (χ4n) is 1.63. The van der Waals surface area contributed by atoms with Crippen molar-refractivity contribution in [1.29, 1.82) is 0 Å². The summed E-state index contributed by atoms with van der Waals surface area (Å²) in [5.41, 5.74) is 1.64. The first-order chi connectivity index (χ1) is 6.43. The number of hydrogen-bond donors (Lipinski definition) is 1. The normalized spacial score (nSPS) is 16.2. The van der Waals surface area contributed by atoms with E-state index in [1.54, 1.807) is 5.57 Å². The molecule has 76 valence electrons. The second-order valence-electron chi connectivity index (χ2n) is 3.45. The van der Waals surface area contributed by atoms with Gasteiger partial charge in [-0.15, -0.1) is 0 Å². The number of allylic oxidation sites excluding steroid dienone is 1. The van der Waals surface area contributed by atoms with Crippen LogP contribution < -0.4 is 5.32 Å². The summed E-state index contributed by atoms with van der Waals surface area (Å²) in [6, 6.07) is 0. The van der Waals surface area contributed by atoms with Gasteiger partial charge in [0.15, 0.2) is 0 Å². The third-order valence-corrected chi connectivity index (χ3v) is 2.39. The Morgan fingerprint density at radius 2 is 2.38 bits per heavy atom. The molecule has 0 bridgehead atoms. The van der Waals surface area contributed by atoms with Gasteiger partial charge in [-0.3, -0.25) is 0 Å². The Hall–Kier alpha value is -0.340. The first kappa shape index (κ1) is 10.7. The monoisotopic (exact) mass is 183 g/mol. The highest BCUT2D eigenvalue weighted by Gasteiger charge is 2.02. The van der Waals surface area contributed by atoms with E-state index in [0.29, 0.717) is 0 Å². The number of ether oxygens (including phenoxy) is 1. The minimum Gasteiger partial charge on any atom is -0.380 e. The Balaban J connectivity index is 1.83. The molecule has 0 aliphatic heterocycles. The maximum atomic E-state index is 5.23. The van der Waals surface area contributed by atoms with Crippen LogP contribution in [0, 0.1) is 0 Å². The van der Waals surface area contributed by atoms with Crippen LogP contribution >= 0.6 is 0 Å². The highest BCUT2D eigenvalue weighted by Crippen LogP contribution is 2.19. The first-order valence-electron chi connectivity index (χ1n) is 5.40. The summed E-state index contributed by atoms with van der Waals surface area (Å²) in [7, 11) is 0. The van der Waals surface area contributed by atoms with E-state index in [-0.39, 0.29) is 0 Å². The average Bonchev–Trinajstić information content (AvgIpc) is 2.63. The molecule has 2 heteroatoms. The van der Waals surface area contributed by atoms with Crippen LogP contribution in [0.15, 0.2) is 11.6 Å². The molecule has 0 saturated heterocycles. The van der Waals surface area contributed by atoms with E-state index >= 15 is 0 Å². The predicted molar refractivity (Wildman–Crippen MR) is 55.9 cm³/mol. The number of nitrogens with one attached hydrogen (secondary N) is 1. The molecule has 0 unspecified atom stereocenters. The highest BCUT2D eigenvalue weighted by molar-refractivity contribution is 5.07. The summed E-state index contributed by atoms with van der Waals surface area (Å²) in [5.74, 6) is 0. The molecule has 13 heavy (non-hydrogen) atoms. The Morgan fingerprint density at radius 3 is 3.08 bits per heavy atom. The molecule has 0 spiro atoms. The summed E-state index contributed by atoms with van der Waals surface area (Å²) in [5, 5.41) is 3.38. The fourth-order valence-corrected chi connectivity index (χ4v) is 1.63. The molecule has 1 aliphatic carbocycles. The van der Waals surface area contributed by atoms with E-state index < -0.39 is 0 Å². The first-order valence-corrected chi connectivity index (χ1v) is 5.40. The number of rotatable bonds is 7. The summed E-state index contributed by atoms with van der Waals surface area (Å²) in [6.07, 6.45) is 7.62. The molecule has 1 rings (SSSR count). The third kappa shape index (κ3) is 5.06. The molecule has 0 aromatic heterocycles. The summed E-state index contributed by atoms with van der Waals surface area (Å²) < 4.78 is 5.23. The Morgan fingerprint density at radius 1 is 1.46 bits per heavy atom. The Kier molecular flexibility index (Phi) is 5.87. The molecule has 0 saturated carbocycles. The van der Waals surface area contributed by atoms with E-state index in [4.69, 9.17) is 4.74 Å². The smallest absolute Gasteiger partial charge is 0.0590 e. The predicted octanol–water partition coefficient (Wildman–Crippen LogP) is 2.11. The zero-order valence-electron chi connectivity index (χ0n) is 8.64. The van der Waals surface area contributed by atoms with Gasteiger partial charge in [0.25, 0.3) is 0 Å². The summed E-state index contributed by atoms with van der Waals surface area (Å²) in [6.45, 7) is 5.80. The van der Waals surface area contributed by atoms with Gasteiger partial charge in [0.2, 0.25) is 0 Å². The Labute approximate surface area is 81.4 Å². The third-order valence-electron chi connectivity index (χ3n) is 2.39. The zero-order chi connectivity index (χ0) is 9.36. The topological polar surface area (TPSA) is 21.3 Å². The van der Waals surface area contributed by atoms with Crippen LogP contribution in [0.4, 0.5) is 0 Å². The Bertz CT molecular complexity index is 154. The van der Waals surface area contributed by atoms with E-state index in [9.17, 15) is 0 Å². The minimum atomic E-state index is 0.826. The fraction of sp³-hybridized carbons (Fsp3) is 0.818. The van der Waals surface area contributed by atoms with Crippen molar-refractivity contribution in [3.8, 4) is 0 Å². The summed E-state index contributed by atoms with van der Waals surface area (Å²) in [4.78, 5) is 0. The molecule has 1 aliphatic rings. The van der Waals surface area contributed by atoms with Gasteiger partial charge in [0, 0.05) is 13.2 Å². The van der Waals surface area contributed by atoms with Gasteiger partial charge < -0.3 is 10.1 Å². The lowest BCUT2D eigenvalue weighted by molar-refractivity contribution is 0.149. The van der Waals surface area contributed by atoms with E-state index in [1.807, 2.05) is 6.92 Å². The van der Waals surface area contributed by atoms with E-state index in [2.05, 4.69) is 11.4 Å². The van der Waals surface area contributed by atoms with Crippen LogP contribution in [0.25, 0.3) is 0 Å². The van der Waals surface area contributed by atoms with Crippen molar-refractivity contribution < 1.29 is 4.74 Å². The molecule has 0 aromatic carbocycles. The molecule has 0 amide bonds. The molecule has 0 atom stereocenters. The van der Waals surface area contributed by atoms with Crippen LogP contribution in [-0.2, 0) is 4.74 Å². The summed E-state index contributed by atoms with van der Waals surface area (Å²) >= 11 is 0. The van der Waals surface area contributed by atoms with Crippen molar-refractivity contribution >= 4 is 0 Å². The molecular formula is C11H21NO. The van der Waals surface area contributed by atoms with Crippen molar-refractivity contribution in [3.63, 3.8) is 0 Å². The van der Waals surface area contributed by atoms with Gasteiger partial charge in [0.1, 0.15) is 0 Å². The van der Waals surface area contributed by atoms with Gasteiger partial charge in [-0.1, -0.05) is 11.6 Å². The van der Waals surface area contributed by atoms with Crippen molar-refractivity contribution in [2.45, 2.75) is 32.6 Å². The molecular weight excluding hydrogens is 162 g/mol. The van der Waals surface area contributed by atoms with Crippen LogP contribution in [0.2, 0.25) is 0 Å². The van der Waals surface area contributed by atoms with Crippen LogP contribution in [-0.4, -0.2) is 26.3 Å². The van der Waals surface area contributed by atoms with Crippen LogP contribution in [0.1, 0.15) is 32.6 Å². The average molecular weight is 183 g/mol. The molecule has 0 aromatic rings. The quantitative estimate of drug-likeness (QED) is 0.482. The number of hydrogen-bond acceptors (Lipinski definition) is 2. The molecule has 1 N–H and O–H groups in total. The van der Waals surface area contributed by atoms with Crippen LogP contribution in [0.5, 0.6) is 0 Å². The lowest BCUT2D eigenvalue weighted by Crippen LogP contribution is -2.21. The highest BCUT2D eigenvalue weighted by atomic mass is 16.5. The molecule has 2 nitrogen and oxygen atoms in total. The second-order valence-corrected chi connectivity index (χ2v) is 3.45. The van der Waals surface area contributed by atoms with E-state index in [1.165, 1.54) is 25.7 Å². The lowest BCUT2D eigenvalue weighted by Gasteiger charge is -2.05. The van der Waals surface area contributed by atoms with Crippen molar-refractivity contribution in [1.82, 2.24) is 5.32 Å². The van der Waals surface area contributed by atoms with E-state index in [0.717, 1.165) is 26.3 Å². The second kappa shape index (κ2) is 7.10.